The summed E-state index contributed by atoms with van der Waals surface area (Å²) in [7, 11) is 0. The van der Waals surface area contributed by atoms with E-state index in [1.165, 1.54) is 75.3 Å². The van der Waals surface area contributed by atoms with Crippen molar-refractivity contribution in [2.75, 3.05) is 13.2 Å². The Morgan fingerprint density at radius 2 is 1.07 bits per heavy atom. The van der Waals surface area contributed by atoms with Gasteiger partial charge in [-0.15, -0.1) is 0 Å². The summed E-state index contributed by atoms with van der Waals surface area (Å²) in [5.41, 5.74) is 6.47. The van der Waals surface area contributed by atoms with Gasteiger partial charge in [0.25, 0.3) is 0 Å². The molecule has 2 atom stereocenters. The smallest absolute Gasteiger partial charge is 0.407 e. The van der Waals surface area contributed by atoms with Crippen LogP contribution in [-0.2, 0) is 15.1 Å². The average Bonchev–Trinajstić information content (AvgIpc) is 3.58. The second kappa shape index (κ2) is 22.1. The van der Waals surface area contributed by atoms with E-state index < -0.39 is 23.8 Å². The maximum absolute atomic E-state index is 13.7. The van der Waals surface area contributed by atoms with Crippen LogP contribution < -0.4 is 5.32 Å². The molecule has 0 radical (unpaired) electrons. The van der Waals surface area contributed by atoms with E-state index in [1.54, 1.807) is 0 Å². The number of hydrogen-bond acceptors (Lipinski definition) is 4. The third kappa shape index (κ3) is 11.1. The van der Waals surface area contributed by atoms with E-state index in [9.17, 15) is 9.90 Å². The Labute approximate surface area is 341 Å². The van der Waals surface area contributed by atoms with Gasteiger partial charge < -0.3 is 19.9 Å². The lowest BCUT2D eigenvalue weighted by atomic mass is 9.80. The second-order valence-corrected chi connectivity index (χ2v) is 15.4. The fraction of sp³-hybridized carbons (Fsp3) is 0.365. The topological polar surface area (TPSA) is 67.8 Å². The molecule has 57 heavy (non-hydrogen) atoms. The van der Waals surface area contributed by atoms with Crippen LogP contribution in [0, 0.1) is 0 Å². The summed E-state index contributed by atoms with van der Waals surface area (Å²) in [5, 5.41) is 14.8. The van der Waals surface area contributed by atoms with Gasteiger partial charge >= 0.3 is 6.09 Å². The first-order valence-corrected chi connectivity index (χ1v) is 21.4. The minimum atomic E-state index is -1.01. The van der Waals surface area contributed by atoms with Gasteiger partial charge in [0.2, 0.25) is 0 Å². The molecule has 0 saturated heterocycles. The monoisotopic (exact) mass is 763 g/mol. The number of carbonyl (C=O) groups is 1. The van der Waals surface area contributed by atoms with Gasteiger partial charge in [-0.2, -0.15) is 0 Å². The Morgan fingerprint density at radius 1 is 0.632 bits per heavy atom. The zero-order valence-corrected chi connectivity index (χ0v) is 33.7. The highest BCUT2D eigenvalue weighted by Gasteiger charge is 2.39. The number of allylic oxidation sites excluding steroid dienone is 1. The van der Waals surface area contributed by atoms with Gasteiger partial charge in [0.05, 0.1) is 18.8 Å². The fourth-order valence-corrected chi connectivity index (χ4v) is 8.30. The second-order valence-electron chi connectivity index (χ2n) is 15.4. The molecule has 0 aromatic heterocycles. The molecule has 0 saturated carbocycles. The number of ether oxygens (including phenoxy) is 2. The summed E-state index contributed by atoms with van der Waals surface area (Å²) >= 11 is 0. The molecular formula is C52H61NO4. The van der Waals surface area contributed by atoms with Gasteiger partial charge in [-0.25, -0.2) is 4.79 Å². The van der Waals surface area contributed by atoms with Crippen molar-refractivity contribution in [3.8, 4) is 11.1 Å². The van der Waals surface area contributed by atoms with Crippen LogP contribution in [0.2, 0.25) is 0 Å². The molecule has 1 aliphatic rings. The molecule has 5 heteroatoms. The molecule has 2 N–H and O–H groups in total. The van der Waals surface area contributed by atoms with E-state index >= 15 is 0 Å². The normalized spacial score (nSPS) is 13.6. The molecule has 5 aromatic carbocycles. The number of fused-ring (bicyclic) bond motifs is 3. The van der Waals surface area contributed by atoms with Crippen LogP contribution in [0.4, 0.5) is 4.79 Å². The zero-order valence-electron chi connectivity index (χ0n) is 33.7. The van der Waals surface area contributed by atoms with Crippen molar-refractivity contribution >= 4 is 6.09 Å². The third-order valence-corrected chi connectivity index (χ3v) is 11.4. The molecule has 5 aromatic rings. The summed E-state index contributed by atoms with van der Waals surface area (Å²) in [6, 6.07) is 46.3. The number of alkyl carbamates (subject to hydrolysis) is 1. The number of benzene rings is 5. The maximum atomic E-state index is 13.7. The molecule has 298 valence electrons. The Balaban J connectivity index is 1.15. The first-order chi connectivity index (χ1) is 28.1. The van der Waals surface area contributed by atoms with Crippen LogP contribution in [-0.4, -0.2) is 36.6 Å². The SMILES string of the molecule is CCCCCCCCCCCCC/C=C/[C@@H](O)[C@H](COC(c1ccccc1)(c1ccccc1)c1ccccc1)NC(=O)OCC1c2ccccc2-c2ccccc21. The van der Waals surface area contributed by atoms with Crippen LogP contribution in [0.25, 0.3) is 11.1 Å². The summed E-state index contributed by atoms with van der Waals surface area (Å²) in [4.78, 5) is 13.7. The molecule has 5 nitrogen and oxygen atoms in total. The van der Waals surface area contributed by atoms with E-state index in [4.69, 9.17) is 9.47 Å². The molecule has 1 aliphatic carbocycles. The Hall–Kier alpha value is -4.97. The molecule has 0 bridgehead atoms. The van der Waals surface area contributed by atoms with Crippen LogP contribution in [0.15, 0.2) is 152 Å². The van der Waals surface area contributed by atoms with Gasteiger partial charge in [-0.1, -0.05) is 223 Å². The van der Waals surface area contributed by atoms with Crippen molar-refractivity contribution in [1.29, 1.82) is 0 Å². The predicted molar refractivity (Wildman–Crippen MR) is 233 cm³/mol. The molecule has 1 amide bonds. The molecule has 0 spiro atoms. The van der Waals surface area contributed by atoms with Crippen LogP contribution in [0.5, 0.6) is 0 Å². The lowest BCUT2D eigenvalue weighted by Crippen LogP contribution is -2.48. The molecular weight excluding hydrogens is 703 g/mol. The Kier molecular flexibility index (Phi) is 16.1. The van der Waals surface area contributed by atoms with E-state index in [-0.39, 0.29) is 19.1 Å². The zero-order chi connectivity index (χ0) is 39.5. The number of amides is 1. The number of rotatable bonds is 23. The number of carbonyl (C=O) groups excluding carboxylic acids is 1. The van der Waals surface area contributed by atoms with Gasteiger partial charge in [0.1, 0.15) is 12.2 Å². The van der Waals surface area contributed by atoms with Crippen molar-refractivity contribution < 1.29 is 19.4 Å². The Morgan fingerprint density at radius 3 is 1.56 bits per heavy atom. The number of aliphatic hydroxyl groups is 1. The van der Waals surface area contributed by atoms with E-state index in [0.717, 1.165) is 40.7 Å². The highest BCUT2D eigenvalue weighted by atomic mass is 16.6. The van der Waals surface area contributed by atoms with Crippen LogP contribution >= 0.6 is 0 Å². The molecule has 0 heterocycles. The molecule has 0 aliphatic heterocycles. The van der Waals surface area contributed by atoms with Gasteiger partial charge in [-0.3, -0.25) is 0 Å². The Bertz CT molecular complexity index is 1800. The number of aliphatic hydroxyl groups excluding tert-OH is 1. The highest BCUT2D eigenvalue weighted by molar-refractivity contribution is 5.79. The van der Waals surface area contributed by atoms with Crippen molar-refractivity contribution in [2.24, 2.45) is 0 Å². The lowest BCUT2D eigenvalue weighted by Gasteiger charge is -2.37. The van der Waals surface area contributed by atoms with E-state index in [1.807, 2.05) is 91.0 Å². The largest absolute Gasteiger partial charge is 0.449 e. The van der Waals surface area contributed by atoms with E-state index in [0.29, 0.717) is 0 Å². The van der Waals surface area contributed by atoms with Crippen LogP contribution in [0.3, 0.4) is 0 Å². The fourth-order valence-electron chi connectivity index (χ4n) is 8.30. The van der Waals surface area contributed by atoms with Crippen molar-refractivity contribution in [3.63, 3.8) is 0 Å². The number of unbranched alkanes of at least 4 members (excludes halogenated alkanes) is 11. The lowest BCUT2D eigenvalue weighted by molar-refractivity contribution is -0.0167. The van der Waals surface area contributed by atoms with Gasteiger partial charge in [0.15, 0.2) is 0 Å². The standard InChI is InChI=1S/C52H61NO4/c1-2-3-4-5-6-7-8-9-10-11-12-13-23-38-50(54)49(53-51(55)56-39-48-46-36-26-24-34-44(46)45-35-25-27-37-47(45)48)40-57-52(41-28-17-14-18-29-41,42-30-19-15-20-31-42)43-32-21-16-22-33-43/h14-38,48-50,54H,2-13,39-40H2,1H3,(H,53,55)/b38-23+/t49-,50+/m0/s1. The summed E-state index contributed by atoms with van der Waals surface area (Å²) in [6.07, 6.45) is 17.3. The van der Waals surface area contributed by atoms with E-state index in [2.05, 4.69) is 72.9 Å². The minimum absolute atomic E-state index is 0.0207. The molecule has 0 fully saturated rings. The summed E-state index contributed by atoms with van der Waals surface area (Å²) < 4.78 is 13.1. The van der Waals surface area contributed by atoms with Crippen molar-refractivity contribution in [1.82, 2.24) is 5.32 Å². The molecule has 6 rings (SSSR count). The van der Waals surface area contributed by atoms with Gasteiger partial charge in [0, 0.05) is 5.92 Å². The number of hydrogen-bond donors (Lipinski definition) is 2. The van der Waals surface area contributed by atoms with Crippen molar-refractivity contribution in [2.45, 2.75) is 108 Å². The van der Waals surface area contributed by atoms with Crippen molar-refractivity contribution in [3.05, 3.63) is 179 Å². The quantitative estimate of drug-likeness (QED) is 0.0395. The maximum Gasteiger partial charge on any atom is 0.407 e. The minimum Gasteiger partial charge on any atom is -0.449 e. The average molecular weight is 764 g/mol. The van der Waals surface area contributed by atoms with Crippen LogP contribution in [0.1, 0.15) is 118 Å². The number of nitrogens with one attached hydrogen (secondary N) is 1. The third-order valence-electron chi connectivity index (χ3n) is 11.4. The predicted octanol–water partition coefficient (Wildman–Crippen LogP) is 12.5. The first-order valence-electron chi connectivity index (χ1n) is 21.4. The van der Waals surface area contributed by atoms with Gasteiger partial charge in [-0.05, 0) is 51.8 Å². The summed E-state index contributed by atoms with van der Waals surface area (Å²) in [6.45, 7) is 2.47. The highest BCUT2D eigenvalue weighted by Crippen LogP contribution is 2.45. The summed E-state index contributed by atoms with van der Waals surface area (Å²) in [5.74, 6) is -0.0737. The molecule has 0 unspecified atom stereocenters. The first kappa shape index (κ1) is 41.7.